The Labute approximate surface area is 642 Å². The van der Waals surface area contributed by atoms with Gasteiger partial charge in [-0.1, -0.05) is 81.5 Å². The van der Waals surface area contributed by atoms with Crippen molar-refractivity contribution in [2.45, 2.75) is 77.7 Å². The third-order valence-corrected chi connectivity index (χ3v) is 25.8. The zero-order valence-electron chi connectivity index (χ0n) is 56.7. The first kappa shape index (κ1) is 82.4. The van der Waals surface area contributed by atoms with Crippen LogP contribution in [0.1, 0.15) is 47.4 Å². The Morgan fingerprint density at radius 3 is 1.43 bits per heavy atom. The number of hydrogen-bond donors (Lipinski definition) is 5. The minimum absolute atomic E-state index is 0. The number of aryl methyl sites for hydroxylation is 3. The Bertz CT molecular complexity index is 4850. The molecule has 18 nitrogen and oxygen atoms in total. The standard InChI is InChI=1S/C35H29ClF4N6O2S3.C22H26ClN7O2S.C12H4F4OS2.BF3.FH/c1-18-9-20(51-31-14-25(39)23(37)12-28(31)49-29-13-24(38)26(40)15-32(29)51)10-22(36)21(18)11-27(48)30-17-41-35(50-30)44-33-16-34(43-19(2)42-33)46-5-3-45(4-6-46)7-8-47;1-14-3-2-4-16(23)15(14)11-17(32)18-13-25-22(33-18)27-19-12-20(28-21(24)26-19)30-7-5-29(6-8-30)9-10-31;13-5-1-9-11(3-7(5)15)19(17)12-4-8(16)6(14)2-10(12)18-9;2-1(3)4;/h9-10,12-17,47H,3-8,11H2,1-2H3;2-4,12-13,31H,5-11H2,1H3,(H3,24,25,26,27,28);1-4H;;1H. The lowest BCUT2D eigenvalue weighted by molar-refractivity contribution is -0.0000464. The molecule has 0 spiro atoms. The molecule has 0 bridgehead atoms. The van der Waals surface area contributed by atoms with Gasteiger partial charge in [-0.15, -0.1) is 0 Å². The van der Waals surface area contributed by atoms with Gasteiger partial charge < -0.3 is 41.1 Å². The van der Waals surface area contributed by atoms with Crippen LogP contribution in [0.2, 0.25) is 10.0 Å². The topological polar surface area (TPSA) is 232 Å². The molecular weight excluding hydrogens is 1590 g/mol. The minimum Gasteiger partial charge on any atom is -1.00 e. The summed E-state index contributed by atoms with van der Waals surface area (Å²) < 4.78 is 151. The van der Waals surface area contributed by atoms with Crippen molar-refractivity contribution in [3.8, 4) is 0 Å². The van der Waals surface area contributed by atoms with Crippen molar-refractivity contribution < 1.29 is 76.8 Å². The van der Waals surface area contributed by atoms with E-state index >= 15 is 0 Å². The van der Waals surface area contributed by atoms with Crippen LogP contribution in [0, 0.1) is 67.3 Å². The molecule has 4 aliphatic heterocycles. The van der Waals surface area contributed by atoms with Gasteiger partial charge in [0.1, 0.15) is 40.0 Å². The number of nitrogens with one attached hydrogen (secondary N) is 2. The molecule has 0 amide bonds. The molecule has 6 aromatic carbocycles. The SMILES string of the molecule is Cc1cccc(Cl)c1CC(=O)c1cnc(Nc2cc(N3CCN(CCO)CC3)nc(N)n2)s1.Cc1nc(Nc2ncc(C(=O)Cc3c(C)cc([S+]4c5cc(F)c(F)cc5Sc5cc(F)c(F)cc54)cc3Cl)s2)cc(N2CCN(CCO)CC2)n1.FB(F)F.O=S1c2cc(F)c(F)cc2Sc2cc(F)c(F)cc21.[F-]. The fourth-order valence-electron chi connectivity index (χ4n) is 11.4. The van der Waals surface area contributed by atoms with Crippen LogP contribution < -0.4 is 30.9 Å². The average molecular weight is 1650 g/mol. The number of rotatable bonds is 17. The number of anilines is 7. The molecule has 4 aromatic heterocycles. The minimum atomic E-state index is -3.67. The van der Waals surface area contributed by atoms with Gasteiger partial charge in [-0.2, -0.15) is 9.97 Å². The molecule has 8 heterocycles. The summed E-state index contributed by atoms with van der Waals surface area (Å²) in [6.07, 6.45) is 3.26. The summed E-state index contributed by atoms with van der Waals surface area (Å²) in [6, 6.07) is 20.5. The van der Waals surface area contributed by atoms with Crippen molar-refractivity contribution in [1.29, 1.82) is 0 Å². The Morgan fingerprint density at radius 1 is 0.556 bits per heavy atom. The molecule has 2 fully saturated rings. The number of nitrogen functional groups attached to an aromatic ring is 1. The third-order valence-electron chi connectivity index (χ3n) is 16.7. The molecular formula is C69H60BCl2F12N13O5S6. The van der Waals surface area contributed by atoms with E-state index in [0.29, 0.717) is 91.2 Å². The van der Waals surface area contributed by atoms with E-state index in [2.05, 4.69) is 60.1 Å². The van der Waals surface area contributed by atoms with E-state index in [1.165, 1.54) is 28.9 Å². The maximum atomic E-state index is 14.5. The highest BCUT2D eigenvalue weighted by atomic mass is 35.5. The lowest BCUT2D eigenvalue weighted by atomic mass is 10.0. The van der Waals surface area contributed by atoms with E-state index in [0.717, 1.165) is 147 Å². The number of thiazole rings is 2. The molecule has 108 heavy (non-hydrogen) atoms. The summed E-state index contributed by atoms with van der Waals surface area (Å²) in [7, 11) is -6.67. The summed E-state index contributed by atoms with van der Waals surface area (Å²) in [6.45, 7) is 13.6. The number of halogens is 14. The number of benzene rings is 6. The highest BCUT2D eigenvalue weighted by Crippen LogP contribution is 2.51. The number of carbonyl (C=O) groups is 2. The number of nitrogens with zero attached hydrogens (tertiary/aromatic N) is 10. The molecule has 0 saturated carbocycles. The van der Waals surface area contributed by atoms with E-state index in [1.807, 2.05) is 38.1 Å². The lowest BCUT2D eigenvalue weighted by Gasteiger charge is -2.35. The molecule has 0 aliphatic carbocycles. The van der Waals surface area contributed by atoms with Crippen LogP contribution in [0.15, 0.2) is 147 Å². The maximum Gasteiger partial charge on any atom is 0.762 e. The summed E-state index contributed by atoms with van der Waals surface area (Å²) in [4.78, 5) is 65.2. The third kappa shape index (κ3) is 20.1. The zero-order chi connectivity index (χ0) is 76.7. The quantitative estimate of drug-likeness (QED) is 0.0247. The van der Waals surface area contributed by atoms with Crippen molar-refractivity contribution >= 4 is 150 Å². The van der Waals surface area contributed by atoms with Gasteiger partial charge in [-0.3, -0.25) is 32.3 Å². The zero-order valence-corrected chi connectivity index (χ0v) is 63.1. The van der Waals surface area contributed by atoms with Gasteiger partial charge in [0.25, 0.3) is 0 Å². The number of carbonyl (C=O) groups excluding carboxylic acids is 2. The van der Waals surface area contributed by atoms with Crippen LogP contribution in [0.4, 0.5) is 87.6 Å². The van der Waals surface area contributed by atoms with Gasteiger partial charge in [0.2, 0.25) is 5.95 Å². The van der Waals surface area contributed by atoms with Crippen molar-refractivity contribution in [1.82, 2.24) is 39.7 Å². The van der Waals surface area contributed by atoms with Crippen LogP contribution in [0.3, 0.4) is 0 Å². The number of Topliss-reactive ketones (excluding diaryl/α,β-unsaturated/α-hetero) is 2. The van der Waals surface area contributed by atoms with Gasteiger partial charge in [-0.05, 0) is 91.6 Å². The van der Waals surface area contributed by atoms with E-state index in [1.54, 1.807) is 31.3 Å². The van der Waals surface area contributed by atoms with Crippen LogP contribution in [0.5, 0.6) is 0 Å². The molecule has 14 rings (SSSR count). The molecule has 10 aromatic rings. The largest absolute Gasteiger partial charge is 1.00 e. The van der Waals surface area contributed by atoms with Crippen molar-refractivity contribution in [2.24, 2.45) is 0 Å². The lowest BCUT2D eigenvalue weighted by Crippen LogP contribution is -3.00. The summed E-state index contributed by atoms with van der Waals surface area (Å²) in [5.74, 6) is -5.50. The predicted octanol–water partition coefficient (Wildman–Crippen LogP) is 12.1. The van der Waals surface area contributed by atoms with Crippen molar-refractivity contribution in [3.63, 3.8) is 0 Å². The van der Waals surface area contributed by atoms with Crippen molar-refractivity contribution in [2.75, 3.05) is 105 Å². The Morgan fingerprint density at radius 2 is 0.972 bits per heavy atom. The monoisotopic (exact) mass is 1650 g/mol. The normalized spacial score (nSPS) is 14.1. The molecule has 568 valence electrons. The Kier molecular flexibility index (Phi) is 28.0. The number of aliphatic hydroxyl groups is 2. The first-order valence-electron chi connectivity index (χ1n) is 32.2. The second kappa shape index (κ2) is 36.6. The van der Waals surface area contributed by atoms with Crippen LogP contribution in [-0.4, -0.2) is 152 Å². The van der Waals surface area contributed by atoms with Crippen LogP contribution >= 0.6 is 69.4 Å². The highest BCUT2D eigenvalue weighted by Gasteiger charge is 2.42. The second-order valence-electron chi connectivity index (χ2n) is 23.9. The summed E-state index contributed by atoms with van der Waals surface area (Å²) in [5, 5.41) is 26.6. The fourth-order valence-corrected chi connectivity index (χ4v) is 20.3. The van der Waals surface area contributed by atoms with E-state index < -0.39 is 75.8 Å². The van der Waals surface area contributed by atoms with E-state index in [9.17, 15) is 67.0 Å². The molecule has 0 atom stereocenters. The summed E-state index contributed by atoms with van der Waals surface area (Å²) in [5.41, 5.74) is 9.02. The molecule has 0 radical (unpaired) electrons. The predicted molar refractivity (Wildman–Crippen MR) is 394 cm³/mol. The first-order valence-corrected chi connectivity index (χ1v) is 38.6. The number of nitrogens with two attached hydrogens (primary N) is 1. The molecule has 2 saturated heterocycles. The molecule has 0 unspecified atom stereocenters. The maximum absolute atomic E-state index is 14.5. The first-order chi connectivity index (χ1) is 51.1. The van der Waals surface area contributed by atoms with E-state index in [-0.39, 0.29) is 72.9 Å². The van der Waals surface area contributed by atoms with Gasteiger partial charge in [0.05, 0.1) is 65.7 Å². The number of ketones is 2. The smallest absolute Gasteiger partial charge is 0.762 e. The Hall–Kier alpha value is -8.08. The molecule has 39 heteroatoms. The molecule has 4 aliphatic rings. The molecule has 6 N–H and O–H groups in total. The second-order valence-corrected chi connectivity index (χ2v) is 32.3. The number of aromatic nitrogens is 6. The number of aliphatic hydroxyl groups excluding tert-OH is 2. The number of fused-ring (bicyclic) bond motifs is 4. The van der Waals surface area contributed by atoms with Gasteiger partial charge in [0.15, 0.2) is 83.1 Å². The van der Waals surface area contributed by atoms with Gasteiger partial charge in [-0.25, -0.2) is 59.3 Å². The van der Waals surface area contributed by atoms with Crippen molar-refractivity contribution in [3.05, 3.63) is 198 Å². The van der Waals surface area contributed by atoms with E-state index in [4.69, 9.17) is 34.0 Å². The number of piperazine rings is 2. The fraction of sp³-hybridized carbons (Fsp3) is 0.246. The van der Waals surface area contributed by atoms with Crippen LogP contribution in [0.25, 0.3) is 0 Å². The number of β-amino-alcohol motifs (C(OH)–C–C–N with tert-alkyl or cyclic N) is 2. The van der Waals surface area contributed by atoms with Crippen LogP contribution in [-0.2, 0) is 34.5 Å². The average Bonchev–Trinajstić information content (AvgIpc) is 0.872. The number of hydrogen-bond acceptors (Lipinski definition) is 22. The van der Waals surface area contributed by atoms with Gasteiger partial charge >= 0.3 is 7.54 Å². The van der Waals surface area contributed by atoms with Gasteiger partial charge in [0, 0.05) is 128 Å². The highest BCUT2D eigenvalue weighted by molar-refractivity contribution is 8.04. The summed E-state index contributed by atoms with van der Waals surface area (Å²) >= 11 is 17.5. The Balaban J connectivity index is 0.000000186.